The molecule has 32 heavy (non-hydrogen) atoms. The van der Waals surface area contributed by atoms with E-state index in [1.807, 2.05) is 42.5 Å². The Kier molecular flexibility index (Phi) is 6.57. The largest absolute Gasteiger partial charge is 0.461 e. The Bertz CT molecular complexity index is 1170. The molecule has 0 saturated heterocycles. The summed E-state index contributed by atoms with van der Waals surface area (Å²) in [5.41, 5.74) is 2.22. The van der Waals surface area contributed by atoms with E-state index in [0.717, 1.165) is 11.1 Å². The second kappa shape index (κ2) is 10.1. The first-order chi connectivity index (χ1) is 15.7. The van der Waals surface area contributed by atoms with Crippen LogP contribution in [0.4, 0.5) is 10.5 Å². The Balaban J connectivity index is 1.30. The van der Waals surface area contributed by atoms with Crippen molar-refractivity contribution in [2.45, 2.75) is 13.0 Å². The molecule has 2 aromatic heterocycles. The molecule has 162 valence electrons. The summed E-state index contributed by atoms with van der Waals surface area (Å²) in [4.78, 5) is 28.5. The summed E-state index contributed by atoms with van der Waals surface area (Å²) in [6.07, 6.45) is 1.17. The second-order valence-corrected chi connectivity index (χ2v) is 6.79. The smallest absolute Gasteiger partial charge is 0.407 e. The van der Waals surface area contributed by atoms with E-state index in [1.54, 1.807) is 24.3 Å². The van der Waals surface area contributed by atoms with Crippen LogP contribution in [0.5, 0.6) is 0 Å². The standard InChI is InChI=1S/C23H20N4O5/c28-20(14-24-23(29)31-15-16-7-2-1-3-8-16)25-18-10-5-4-9-17(18)13-21-26-22(27-32-21)19-11-6-12-30-19/h1-12H,13-15H2,(H,24,29)(H,25,28). The molecule has 4 aromatic rings. The SMILES string of the molecule is O=C(CNC(=O)OCc1ccccc1)Nc1ccccc1Cc1nc(-c2ccco2)no1. The molecule has 0 saturated carbocycles. The molecule has 0 atom stereocenters. The number of alkyl carbamates (subject to hydrolysis) is 1. The van der Waals surface area contributed by atoms with E-state index in [0.29, 0.717) is 29.6 Å². The summed E-state index contributed by atoms with van der Waals surface area (Å²) in [7, 11) is 0. The number of rotatable bonds is 8. The monoisotopic (exact) mass is 432 g/mol. The maximum atomic E-state index is 12.3. The zero-order valence-corrected chi connectivity index (χ0v) is 17.0. The topological polar surface area (TPSA) is 119 Å². The van der Waals surface area contributed by atoms with E-state index in [-0.39, 0.29) is 13.2 Å². The first-order valence-electron chi connectivity index (χ1n) is 9.86. The Morgan fingerprint density at radius 3 is 2.59 bits per heavy atom. The van der Waals surface area contributed by atoms with Gasteiger partial charge in [-0.3, -0.25) is 4.79 Å². The molecule has 2 heterocycles. The minimum atomic E-state index is -0.673. The normalized spacial score (nSPS) is 10.5. The molecule has 0 aliphatic heterocycles. The summed E-state index contributed by atoms with van der Waals surface area (Å²) in [6, 6.07) is 20.0. The van der Waals surface area contributed by atoms with Gasteiger partial charge in [-0.15, -0.1) is 0 Å². The number of ether oxygens (including phenoxy) is 1. The van der Waals surface area contributed by atoms with E-state index >= 15 is 0 Å². The lowest BCUT2D eigenvalue weighted by molar-refractivity contribution is -0.115. The van der Waals surface area contributed by atoms with Gasteiger partial charge in [0.15, 0.2) is 5.76 Å². The molecule has 2 aromatic carbocycles. The Labute approximate surface area is 183 Å². The Morgan fingerprint density at radius 1 is 0.969 bits per heavy atom. The van der Waals surface area contributed by atoms with Crippen LogP contribution in [0.15, 0.2) is 81.9 Å². The Hall–Kier alpha value is -4.40. The molecule has 2 N–H and O–H groups in total. The molecule has 0 fully saturated rings. The molecular weight excluding hydrogens is 412 g/mol. The van der Waals surface area contributed by atoms with E-state index in [1.165, 1.54) is 6.26 Å². The first kappa shape index (κ1) is 20.9. The molecule has 2 amide bonds. The lowest BCUT2D eigenvalue weighted by Gasteiger charge is -2.11. The number of aromatic nitrogens is 2. The molecule has 9 nitrogen and oxygen atoms in total. The van der Waals surface area contributed by atoms with Gasteiger partial charge in [-0.2, -0.15) is 4.98 Å². The zero-order valence-electron chi connectivity index (χ0n) is 17.0. The lowest BCUT2D eigenvalue weighted by Crippen LogP contribution is -2.33. The number of furan rings is 1. The van der Waals surface area contributed by atoms with E-state index in [4.69, 9.17) is 13.7 Å². The number of para-hydroxylation sites is 1. The van der Waals surface area contributed by atoms with Crippen LogP contribution in [0, 0.1) is 0 Å². The van der Waals surface area contributed by atoms with Crippen molar-refractivity contribution in [1.29, 1.82) is 0 Å². The van der Waals surface area contributed by atoms with Gasteiger partial charge in [0.05, 0.1) is 12.7 Å². The van der Waals surface area contributed by atoms with Gasteiger partial charge in [0, 0.05) is 5.69 Å². The molecular formula is C23H20N4O5. The van der Waals surface area contributed by atoms with Gasteiger partial charge in [-0.1, -0.05) is 53.7 Å². The van der Waals surface area contributed by atoms with Crippen molar-refractivity contribution in [1.82, 2.24) is 15.5 Å². The van der Waals surface area contributed by atoms with Gasteiger partial charge in [0.1, 0.15) is 13.2 Å². The van der Waals surface area contributed by atoms with E-state index in [9.17, 15) is 9.59 Å². The molecule has 0 aliphatic rings. The summed E-state index contributed by atoms with van der Waals surface area (Å²) in [5.74, 6) is 0.841. The molecule has 0 spiro atoms. The number of amides is 2. The summed E-state index contributed by atoms with van der Waals surface area (Å²) in [6.45, 7) is -0.105. The van der Waals surface area contributed by atoms with Gasteiger partial charge in [-0.25, -0.2) is 4.79 Å². The number of hydrogen-bond donors (Lipinski definition) is 2. The van der Waals surface area contributed by atoms with Crippen molar-refractivity contribution in [3.63, 3.8) is 0 Å². The third-order valence-electron chi connectivity index (χ3n) is 4.45. The first-order valence-corrected chi connectivity index (χ1v) is 9.86. The highest BCUT2D eigenvalue weighted by Gasteiger charge is 2.14. The van der Waals surface area contributed by atoms with Gasteiger partial charge in [0.2, 0.25) is 17.6 Å². The third kappa shape index (κ3) is 5.60. The third-order valence-corrected chi connectivity index (χ3v) is 4.45. The number of nitrogens with one attached hydrogen (secondary N) is 2. The van der Waals surface area contributed by atoms with Crippen molar-refractivity contribution in [3.05, 3.63) is 90.0 Å². The minimum Gasteiger partial charge on any atom is -0.461 e. The minimum absolute atomic E-state index is 0.126. The van der Waals surface area contributed by atoms with E-state index < -0.39 is 12.0 Å². The molecule has 4 rings (SSSR count). The van der Waals surface area contributed by atoms with Crippen molar-refractivity contribution >= 4 is 17.7 Å². The van der Waals surface area contributed by atoms with Crippen LogP contribution in [-0.2, 0) is 22.6 Å². The average Bonchev–Trinajstić information content (AvgIpc) is 3.50. The van der Waals surface area contributed by atoms with Crippen LogP contribution in [0.3, 0.4) is 0 Å². The van der Waals surface area contributed by atoms with Crippen molar-refractivity contribution in [2.24, 2.45) is 0 Å². The fourth-order valence-corrected chi connectivity index (χ4v) is 2.91. The Morgan fingerprint density at radius 2 is 1.78 bits per heavy atom. The number of anilines is 1. The lowest BCUT2D eigenvalue weighted by atomic mass is 10.1. The van der Waals surface area contributed by atoms with Gasteiger partial charge < -0.3 is 24.3 Å². The maximum Gasteiger partial charge on any atom is 0.407 e. The van der Waals surface area contributed by atoms with Crippen LogP contribution >= 0.6 is 0 Å². The maximum absolute atomic E-state index is 12.3. The molecule has 0 radical (unpaired) electrons. The highest BCUT2D eigenvalue weighted by atomic mass is 16.5. The van der Waals surface area contributed by atoms with Gasteiger partial charge >= 0.3 is 6.09 Å². The zero-order chi connectivity index (χ0) is 22.2. The number of carbonyl (C=O) groups is 2. The van der Waals surface area contributed by atoms with Gasteiger partial charge in [0.25, 0.3) is 0 Å². The predicted octanol–water partition coefficient (Wildman–Crippen LogP) is 3.79. The number of hydrogen-bond acceptors (Lipinski definition) is 7. The van der Waals surface area contributed by atoms with Crippen LogP contribution in [0.1, 0.15) is 17.0 Å². The highest BCUT2D eigenvalue weighted by molar-refractivity contribution is 5.94. The quantitative estimate of drug-likeness (QED) is 0.435. The molecule has 0 aliphatic carbocycles. The van der Waals surface area contributed by atoms with Crippen molar-refractivity contribution in [2.75, 3.05) is 11.9 Å². The highest BCUT2D eigenvalue weighted by Crippen LogP contribution is 2.21. The number of carbonyl (C=O) groups excluding carboxylic acids is 2. The average molecular weight is 432 g/mol. The van der Waals surface area contributed by atoms with Crippen LogP contribution < -0.4 is 10.6 Å². The molecule has 0 bridgehead atoms. The number of nitrogens with zero attached hydrogens (tertiary/aromatic N) is 2. The van der Waals surface area contributed by atoms with Crippen molar-refractivity contribution < 1.29 is 23.3 Å². The van der Waals surface area contributed by atoms with Crippen LogP contribution in [0.2, 0.25) is 0 Å². The summed E-state index contributed by atoms with van der Waals surface area (Å²) >= 11 is 0. The fraction of sp³-hybridized carbons (Fsp3) is 0.130. The summed E-state index contributed by atoms with van der Waals surface area (Å²) in [5, 5.41) is 9.12. The van der Waals surface area contributed by atoms with Crippen LogP contribution in [0.25, 0.3) is 11.6 Å². The summed E-state index contributed by atoms with van der Waals surface area (Å²) < 4.78 is 15.6. The fourth-order valence-electron chi connectivity index (χ4n) is 2.91. The predicted molar refractivity (Wildman–Crippen MR) is 115 cm³/mol. The van der Waals surface area contributed by atoms with Crippen LogP contribution in [-0.4, -0.2) is 28.7 Å². The number of benzene rings is 2. The van der Waals surface area contributed by atoms with Gasteiger partial charge in [-0.05, 0) is 29.3 Å². The molecule has 0 unspecified atom stereocenters. The van der Waals surface area contributed by atoms with E-state index in [2.05, 4.69) is 20.8 Å². The van der Waals surface area contributed by atoms with Crippen molar-refractivity contribution in [3.8, 4) is 11.6 Å². The second-order valence-electron chi connectivity index (χ2n) is 6.79. The molecule has 9 heteroatoms.